The highest BCUT2D eigenvalue weighted by atomic mass is 32.2. The molecular formula is C22H23N3O3S. The molecule has 0 bridgehead atoms. The third kappa shape index (κ3) is 4.70. The van der Waals surface area contributed by atoms with E-state index in [2.05, 4.69) is 10.3 Å². The number of rotatable bonds is 7. The quantitative estimate of drug-likeness (QED) is 0.643. The van der Waals surface area contributed by atoms with Gasteiger partial charge in [0.1, 0.15) is 0 Å². The molecule has 0 aliphatic rings. The van der Waals surface area contributed by atoms with E-state index in [-0.39, 0.29) is 10.8 Å². The van der Waals surface area contributed by atoms with Crippen LogP contribution in [0.25, 0.3) is 0 Å². The zero-order chi connectivity index (χ0) is 20.9. The summed E-state index contributed by atoms with van der Waals surface area (Å²) in [5.74, 6) is -0.128. The fourth-order valence-electron chi connectivity index (χ4n) is 3.00. The van der Waals surface area contributed by atoms with E-state index in [9.17, 15) is 13.2 Å². The van der Waals surface area contributed by atoms with E-state index < -0.39 is 16.1 Å². The normalized spacial score (nSPS) is 12.5. The summed E-state index contributed by atoms with van der Waals surface area (Å²) in [6.45, 7) is 1.75. The van der Waals surface area contributed by atoms with Crippen molar-refractivity contribution in [2.75, 3.05) is 12.4 Å². The van der Waals surface area contributed by atoms with Crippen LogP contribution in [0.1, 0.15) is 30.6 Å². The van der Waals surface area contributed by atoms with Crippen LogP contribution in [0.5, 0.6) is 0 Å². The molecule has 1 amide bonds. The van der Waals surface area contributed by atoms with Crippen molar-refractivity contribution in [1.82, 2.24) is 9.29 Å². The number of carbonyl (C=O) groups excluding carboxylic acids is 1. The Hall–Kier alpha value is -3.03. The summed E-state index contributed by atoms with van der Waals surface area (Å²) in [6.07, 6.45) is 2.00. The third-order valence-electron chi connectivity index (χ3n) is 4.58. The number of carbonyl (C=O) groups is 1. The summed E-state index contributed by atoms with van der Waals surface area (Å²) in [5.41, 5.74) is 2.02. The molecule has 150 valence electrons. The molecule has 3 aromatic rings. The van der Waals surface area contributed by atoms with E-state index in [1.165, 1.54) is 16.4 Å². The Kier molecular flexibility index (Phi) is 6.41. The maximum Gasteiger partial charge on any atom is 0.243 e. The van der Waals surface area contributed by atoms with Gasteiger partial charge in [-0.25, -0.2) is 8.42 Å². The van der Waals surface area contributed by atoms with Crippen molar-refractivity contribution in [1.29, 1.82) is 0 Å². The number of aromatic nitrogens is 1. The van der Waals surface area contributed by atoms with Crippen LogP contribution in [0.4, 0.5) is 5.69 Å². The molecular weight excluding hydrogens is 386 g/mol. The van der Waals surface area contributed by atoms with Crippen molar-refractivity contribution < 1.29 is 13.2 Å². The molecule has 1 aromatic heterocycles. The monoisotopic (exact) mass is 409 g/mol. The van der Waals surface area contributed by atoms with Gasteiger partial charge in [-0.3, -0.25) is 9.78 Å². The van der Waals surface area contributed by atoms with Crippen LogP contribution >= 0.6 is 0 Å². The molecule has 2 aromatic carbocycles. The fourth-order valence-corrected chi connectivity index (χ4v) is 4.32. The van der Waals surface area contributed by atoms with Crippen LogP contribution in [0.15, 0.2) is 83.9 Å². The van der Waals surface area contributed by atoms with Crippen molar-refractivity contribution in [3.05, 3.63) is 90.3 Å². The first-order chi connectivity index (χ1) is 13.9. The van der Waals surface area contributed by atoms with Gasteiger partial charge in [-0.1, -0.05) is 43.3 Å². The largest absolute Gasteiger partial charge is 0.326 e. The van der Waals surface area contributed by atoms with Gasteiger partial charge in [0.05, 0.1) is 16.6 Å². The predicted octanol–water partition coefficient (Wildman–Crippen LogP) is 3.84. The zero-order valence-corrected chi connectivity index (χ0v) is 17.1. The van der Waals surface area contributed by atoms with E-state index in [4.69, 9.17) is 0 Å². The Morgan fingerprint density at radius 3 is 2.24 bits per heavy atom. The van der Waals surface area contributed by atoms with Gasteiger partial charge in [-0.15, -0.1) is 0 Å². The van der Waals surface area contributed by atoms with Crippen LogP contribution in [0.2, 0.25) is 0 Å². The van der Waals surface area contributed by atoms with Gasteiger partial charge < -0.3 is 5.32 Å². The Balaban J connectivity index is 1.96. The second-order valence-corrected chi connectivity index (χ2v) is 8.51. The summed E-state index contributed by atoms with van der Waals surface area (Å²) in [6, 6.07) is 20.4. The highest BCUT2D eigenvalue weighted by molar-refractivity contribution is 7.89. The lowest BCUT2D eigenvalue weighted by Crippen LogP contribution is -2.32. The summed E-state index contributed by atoms with van der Waals surface area (Å²) in [4.78, 5) is 16.1. The van der Waals surface area contributed by atoms with Gasteiger partial charge in [0.25, 0.3) is 0 Å². The van der Waals surface area contributed by atoms with Crippen molar-refractivity contribution in [3.8, 4) is 0 Å². The number of hydrogen-bond acceptors (Lipinski definition) is 4. The van der Waals surface area contributed by atoms with E-state index in [1.807, 2.05) is 42.5 Å². The molecule has 1 unspecified atom stereocenters. The second-order valence-electron chi connectivity index (χ2n) is 6.52. The lowest BCUT2D eigenvalue weighted by Gasteiger charge is -2.27. The Bertz CT molecular complexity index is 1010. The minimum absolute atomic E-state index is 0.128. The van der Waals surface area contributed by atoms with Crippen LogP contribution in [-0.2, 0) is 14.8 Å². The smallest absolute Gasteiger partial charge is 0.243 e. The fraction of sp³-hybridized carbons (Fsp3) is 0.182. The number of pyridine rings is 1. The lowest BCUT2D eigenvalue weighted by molar-refractivity contribution is -0.115. The number of nitrogens with one attached hydrogen (secondary N) is 1. The number of hydrogen-bond donors (Lipinski definition) is 1. The van der Waals surface area contributed by atoms with E-state index in [0.717, 1.165) is 5.56 Å². The second kappa shape index (κ2) is 8.98. The van der Waals surface area contributed by atoms with E-state index in [0.29, 0.717) is 17.8 Å². The predicted molar refractivity (Wildman–Crippen MR) is 113 cm³/mol. The molecule has 1 heterocycles. The molecule has 0 aliphatic heterocycles. The van der Waals surface area contributed by atoms with E-state index in [1.54, 1.807) is 38.4 Å². The average molecular weight is 410 g/mol. The summed E-state index contributed by atoms with van der Waals surface area (Å²) < 4.78 is 28.0. The minimum atomic E-state index is -3.80. The third-order valence-corrected chi connectivity index (χ3v) is 6.42. The molecule has 0 saturated heterocycles. The number of amides is 1. The lowest BCUT2D eigenvalue weighted by atomic mass is 10.0. The first-order valence-electron chi connectivity index (χ1n) is 9.27. The SMILES string of the molecule is CCC(=O)Nc1ccc(S(=O)(=O)N(C)C(c2ccccc2)c2ccccn2)cc1. The Morgan fingerprint density at radius 2 is 1.66 bits per heavy atom. The summed E-state index contributed by atoms with van der Waals surface area (Å²) in [5, 5.41) is 2.72. The standard InChI is InChI=1S/C22H23N3O3S/c1-3-21(26)24-18-12-14-19(15-13-18)29(27,28)25(2)22(17-9-5-4-6-10-17)20-11-7-8-16-23-20/h4-16,22H,3H2,1-2H3,(H,24,26). The molecule has 29 heavy (non-hydrogen) atoms. The highest BCUT2D eigenvalue weighted by Gasteiger charge is 2.31. The van der Waals surface area contributed by atoms with Crippen molar-refractivity contribution >= 4 is 21.6 Å². The van der Waals surface area contributed by atoms with Crippen molar-refractivity contribution in [3.63, 3.8) is 0 Å². The number of sulfonamides is 1. The first-order valence-corrected chi connectivity index (χ1v) is 10.7. The molecule has 6 nitrogen and oxygen atoms in total. The van der Waals surface area contributed by atoms with E-state index >= 15 is 0 Å². The number of nitrogens with zero attached hydrogens (tertiary/aromatic N) is 2. The topological polar surface area (TPSA) is 79.4 Å². The average Bonchev–Trinajstić information content (AvgIpc) is 2.75. The van der Waals surface area contributed by atoms with Gasteiger partial charge in [-0.2, -0.15) is 4.31 Å². The molecule has 3 rings (SSSR count). The summed E-state index contributed by atoms with van der Waals surface area (Å²) >= 11 is 0. The van der Waals surface area contributed by atoms with Crippen LogP contribution < -0.4 is 5.32 Å². The minimum Gasteiger partial charge on any atom is -0.326 e. The maximum absolute atomic E-state index is 13.3. The Labute approximate surface area is 171 Å². The number of anilines is 1. The van der Waals surface area contributed by atoms with Crippen LogP contribution in [0.3, 0.4) is 0 Å². The van der Waals surface area contributed by atoms with Gasteiger partial charge in [0.2, 0.25) is 15.9 Å². The molecule has 0 fully saturated rings. The zero-order valence-electron chi connectivity index (χ0n) is 16.3. The van der Waals surface area contributed by atoms with Crippen molar-refractivity contribution in [2.45, 2.75) is 24.3 Å². The molecule has 7 heteroatoms. The molecule has 0 spiro atoms. The molecule has 1 atom stereocenters. The van der Waals surface area contributed by atoms with Crippen LogP contribution in [-0.4, -0.2) is 30.7 Å². The molecule has 0 saturated carbocycles. The summed E-state index contributed by atoms with van der Waals surface area (Å²) in [7, 11) is -2.25. The molecule has 0 radical (unpaired) electrons. The molecule has 0 aliphatic carbocycles. The first kappa shape index (κ1) is 20.7. The maximum atomic E-state index is 13.3. The van der Waals surface area contributed by atoms with Gasteiger partial charge in [0.15, 0.2) is 0 Å². The van der Waals surface area contributed by atoms with Crippen LogP contribution in [0, 0.1) is 0 Å². The van der Waals surface area contributed by atoms with Gasteiger partial charge in [-0.05, 0) is 42.0 Å². The van der Waals surface area contributed by atoms with Gasteiger partial charge in [0, 0.05) is 25.4 Å². The number of benzene rings is 2. The van der Waals surface area contributed by atoms with Crippen molar-refractivity contribution in [2.24, 2.45) is 0 Å². The molecule has 1 N–H and O–H groups in total. The highest BCUT2D eigenvalue weighted by Crippen LogP contribution is 2.31. The Morgan fingerprint density at radius 1 is 1.00 bits per heavy atom. The van der Waals surface area contributed by atoms with Gasteiger partial charge >= 0.3 is 0 Å².